The Morgan fingerprint density at radius 2 is 1.57 bits per heavy atom. The zero-order valence-corrected chi connectivity index (χ0v) is 19.4. The van der Waals surface area contributed by atoms with Crippen molar-refractivity contribution in [3.63, 3.8) is 0 Å². The molecule has 154 valence electrons. The average molecular weight is 532 g/mol. The minimum absolute atomic E-state index is 0.185. The largest absolute Gasteiger partial charge is 0.493 e. The van der Waals surface area contributed by atoms with E-state index in [0.717, 1.165) is 25.6 Å². The van der Waals surface area contributed by atoms with Crippen molar-refractivity contribution < 1.29 is 14.3 Å². The highest BCUT2D eigenvalue weighted by Gasteiger charge is 2.06. The van der Waals surface area contributed by atoms with Crippen LogP contribution < -0.4 is 14.9 Å². The molecule has 0 atom stereocenters. The Bertz CT molecular complexity index is 1020. The number of nitrogens with zero attached hydrogens (tertiary/aromatic N) is 1. The van der Waals surface area contributed by atoms with Gasteiger partial charge in [0, 0.05) is 8.95 Å². The van der Waals surface area contributed by atoms with Gasteiger partial charge >= 0.3 is 0 Å². The summed E-state index contributed by atoms with van der Waals surface area (Å²) in [5, 5.41) is 4.03. The third kappa shape index (κ3) is 6.71. The number of ether oxygens (including phenoxy) is 2. The number of hydrogen-bond acceptors (Lipinski definition) is 4. The van der Waals surface area contributed by atoms with Crippen molar-refractivity contribution in [3.05, 3.63) is 92.4 Å². The number of carbonyl (C=O) groups is 1. The van der Waals surface area contributed by atoms with Gasteiger partial charge in [-0.3, -0.25) is 4.79 Å². The number of benzene rings is 3. The van der Waals surface area contributed by atoms with Crippen molar-refractivity contribution in [1.29, 1.82) is 0 Å². The summed E-state index contributed by atoms with van der Waals surface area (Å²) in [7, 11) is 1.59. The van der Waals surface area contributed by atoms with Gasteiger partial charge in [-0.1, -0.05) is 56.1 Å². The molecular weight excluding hydrogens is 512 g/mol. The molecule has 30 heavy (non-hydrogen) atoms. The van der Waals surface area contributed by atoms with Crippen LogP contribution in [-0.4, -0.2) is 19.2 Å². The first-order chi connectivity index (χ1) is 14.5. The van der Waals surface area contributed by atoms with Crippen molar-refractivity contribution in [2.24, 2.45) is 5.10 Å². The Hall–Kier alpha value is -2.64. The molecule has 0 radical (unpaired) electrons. The number of hydrogen-bond donors (Lipinski definition) is 1. The fourth-order valence-corrected chi connectivity index (χ4v) is 3.16. The second kappa shape index (κ2) is 10.9. The van der Waals surface area contributed by atoms with Gasteiger partial charge in [-0.05, 0) is 59.2 Å². The van der Waals surface area contributed by atoms with Gasteiger partial charge in [0.25, 0.3) is 0 Å². The summed E-state index contributed by atoms with van der Waals surface area (Å²) < 4.78 is 13.3. The average Bonchev–Trinajstić information content (AvgIpc) is 2.75. The van der Waals surface area contributed by atoms with Crippen LogP contribution in [0.15, 0.2) is 80.8 Å². The molecule has 0 aliphatic rings. The lowest BCUT2D eigenvalue weighted by Crippen LogP contribution is -2.19. The van der Waals surface area contributed by atoms with Gasteiger partial charge in [-0.2, -0.15) is 5.10 Å². The van der Waals surface area contributed by atoms with Crippen LogP contribution in [0.3, 0.4) is 0 Å². The smallest absolute Gasteiger partial charge is 0.244 e. The summed E-state index contributed by atoms with van der Waals surface area (Å²) in [5.74, 6) is 1.05. The molecular formula is C23H20Br2N2O3. The monoisotopic (exact) mass is 530 g/mol. The second-order valence-electron chi connectivity index (χ2n) is 6.42. The lowest BCUT2D eigenvalue weighted by molar-refractivity contribution is -0.120. The standard InChI is InChI=1S/C23H20Br2N2O3/c1-29-22-12-18(6-11-21(22)30-15-17-4-9-20(25)10-5-17)14-26-27-23(28)13-16-2-7-19(24)8-3-16/h2-12,14H,13,15H2,1H3,(H,27,28)/b26-14+. The summed E-state index contributed by atoms with van der Waals surface area (Å²) in [4.78, 5) is 12.0. The number of hydrazone groups is 1. The Kier molecular flexibility index (Phi) is 8.04. The molecule has 0 aliphatic carbocycles. The summed E-state index contributed by atoms with van der Waals surface area (Å²) in [6.45, 7) is 0.434. The fraction of sp³-hybridized carbons (Fsp3) is 0.130. The maximum Gasteiger partial charge on any atom is 0.244 e. The van der Waals surface area contributed by atoms with E-state index in [2.05, 4.69) is 42.4 Å². The highest BCUT2D eigenvalue weighted by Crippen LogP contribution is 2.28. The van der Waals surface area contributed by atoms with E-state index in [9.17, 15) is 4.79 Å². The van der Waals surface area contributed by atoms with Gasteiger partial charge in [0.15, 0.2) is 11.5 Å². The number of carbonyl (C=O) groups excluding carboxylic acids is 1. The van der Waals surface area contributed by atoms with E-state index in [1.165, 1.54) is 0 Å². The van der Waals surface area contributed by atoms with Crippen LogP contribution in [0.2, 0.25) is 0 Å². The van der Waals surface area contributed by atoms with E-state index in [1.807, 2.05) is 60.7 Å². The molecule has 0 aliphatic heterocycles. The third-order valence-electron chi connectivity index (χ3n) is 4.18. The molecule has 1 amide bonds. The number of nitrogens with one attached hydrogen (secondary N) is 1. The summed E-state index contributed by atoms with van der Waals surface area (Å²) in [5.41, 5.74) is 5.30. The molecule has 7 heteroatoms. The van der Waals surface area contributed by atoms with Crippen LogP contribution in [0, 0.1) is 0 Å². The molecule has 0 aromatic heterocycles. The first kappa shape index (κ1) is 22.1. The number of methoxy groups -OCH3 is 1. The van der Waals surface area contributed by atoms with Crippen molar-refractivity contribution in [2.45, 2.75) is 13.0 Å². The van der Waals surface area contributed by atoms with Crippen LogP contribution >= 0.6 is 31.9 Å². The first-order valence-corrected chi connectivity index (χ1v) is 10.7. The van der Waals surface area contributed by atoms with Crippen molar-refractivity contribution in [3.8, 4) is 11.5 Å². The molecule has 3 rings (SSSR count). The highest BCUT2D eigenvalue weighted by atomic mass is 79.9. The number of amides is 1. The van der Waals surface area contributed by atoms with E-state index >= 15 is 0 Å². The van der Waals surface area contributed by atoms with Crippen molar-refractivity contribution >= 4 is 44.0 Å². The Balaban J connectivity index is 1.56. The molecule has 0 spiro atoms. The lowest BCUT2D eigenvalue weighted by Gasteiger charge is -2.11. The topological polar surface area (TPSA) is 59.9 Å². The molecule has 0 saturated heterocycles. The maximum absolute atomic E-state index is 12.0. The van der Waals surface area contributed by atoms with Gasteiger partial charge in [0.1, 0.15) is 6.61 Å². The van der Waals surface area contributed by atoms with Crippen LogP contribution in [0.5, 0.6) is 11.5 Å². The summed E-state index contributed by atoms with van der Waals surface area (Å²) in [6, 6.07) is 21.0. The summed E-state index contributed by atoms with van der Waals surface area (Å²) in [6.07, 6.45) is 1.83. The van der Waals surface area contributed by atoms with E-state index in [-0.39, 0.29) is 12.3 Å². The molecule has 3 aromatic rings. The molecule has 3 aromatic carbocycles. The molecule has 0 saturated carbocycles. The van der Waals surface area contributed by atoms with Crippen LogP contribution in [-0.2, 0) is 17.8 Å². The maximum atomic E-state index is 12.0. The molecule has 1 N–H and O–H groups in total. The molecule has 0 fully saturated rings. The van der Waals surface area contributed by atoms with E-state index in [4.69, 9.17) is 9.47 Å². The Labute approximate surface area is 192 Å². The SMILES string of the molecule is COc1cc(/C=N/NC(=O)Cc2ccc(Br)cc2)ccc1OCc1ccc(Br)cc1. The molecule has 0 bridgehead atoms. The number of halogens is 2. The molecule has 0 heterocycles. The van der Waals surface area contributed by atoms with E-state index in [0.29, 0.717) is 18.1 Å². The van der Waals surface area contributed by atoms with Gasteiger partial charge in [0.2, 0.25) is 5.91 Å². The van der Waals surface area contributed by atoms with Crippen molar-refractivity contribution in [2.75, 3.05) is 7.11 Å². The van der Waals surface area contributed by atoms with E-state index < -0.39 is 0 Å². The minimum atomic E-state index is -0.185. The first-order valence-electron chi connectivity index (χ1n) is 9.15. The Morgan fingerprint density at radius 3 is 2.20 bits per heavy atom. The van der Waals surface area contributed by atoms with Crippen LogP contribution in [0.25, 0.3) is 0 Å². The van der Waals surface area contributed by atoms with Gasteiger partial charge in [-0.25, -0.2) is 5.43 Å². The zero-order valence-electron chi connectivity index (χ0n) is 16.3. The zero-order chi connectivity index (χ0) is 21.3. The predicted octanol–water partition coefficient (Wildman–Crippen LogP) is 5.49. The normalized spacial score (nSPS) is 10.8. The van der Waals surface area contributed by atoms with Gasteiger partial charge in [-0.15, -0.1) is 0 Å². The predicted molar refractivity (Wildman–Crippen MR) is 125 cm³/mol. The molecule has 0 unspecified atom stereocenters. The number of rotatable bonds is 8. The quantitative estimate of drug-likeness (QED) is 0.309. The highest BCUT2D eigenvalue weighted by molar-refractivity contribution is 9.10. The van der Waals surface area contributed by atoms with E-state index in [1.54, 1.807) is 19.4 Å². The second-order valence-corrected chi connectivity index (χ2v) is 8.25. The van der Waals surface area contributed by atoms with Gasteiger partial charge < -0.3 is 9.47 Å². The van der Waals surface area contributed by atoms with Gasteiger partial charge in [0.05, 0.1) is 19.7 Å². The van der Waals surface area contributed by atoms with Crippen molar-refractivity contribution in [1.82, 2.24) is 5.43 Å². The fourth-order valence-electron chi connectivity index (χ4n) is 2.63. The minimum Gasteiger partial charge on any atom is -0.493 e. The lowest BCUT2D eigenvalue weighted by atomic mass is 10.1. The third-order valence-corrected chi connectivity index (χ3v) is 5.23. The molecule has 5 nitrogen and oxygen atoms in total. The Morgan fingerprint density at radius 1 is 0.933 bits per heavy atom. The van der Waals surface area contributed by atoms with Crippen LogP contribution in [0.1, 0.15) is 16.7 Å². The van der Waals surface area contributed by atoms with Crippen LogP contribution in [0.4, 0.5) is 0 Å². The summed E-state index contributed by atoms with van der Waals surface area (Å²) >= 11 is 6.79.